The first-order chi connectivity index (χ1) is 18.4. The first-order valence-electron chi connectivity index (χ1n) is 11.1. The first-order valence-corrected chi connectivity index (χ1v) is 11.5. The van der Waals surface area contributed by atoms with Gasteiger partial charge in [0.15, 0.2) is 0 Å². The molecule has 0 radical (unpaired) electrons. The van der Waals surface area contributed by atoms with E-state index in [-0.39, 0.29) is 39.3 Å². The van der Waals surface area contributed by atoms with Crippen molar-refractivity contribution in [3.63, 3.8) is 0 Å². The average Bonchev–Trinajstić information content (AvgIpc) is 3.21. The molecule has 4 aromatic rings. The quantitative estimate of drug-likeness (QED) is 0.275. The standard InChI is InChI=1S/C26H15ClF5N5O2/c27-19-2-1-14(28)8-16(19)22-21-17(25(39)37-22)5-11(18-9-34-10-35-23(18)33)6-20(21)36-24(38)12-3-13(26(30,31)32)7-15(29)4-12/h1-10,22H,(H,36,38)(H,37,39)(H2,33,34,35). The van der Waals surface area contributed by atoms with Crippen molar-refractivity contribution in [2.24, 2.45) is 0 Å². The van der Waals surface area contributed by atoms with E-state index in [1.807, 2.05) is 0 Å². The zero-order chi connectivity index (χ0) is 28.1. The molecule has 2 heterocycles. The fourth-order valence-electron chi connectivity index (χ4n) is 4.30. The molecule has 4 N–H and O–H groups in total. The van der Waals surface area contributed by atoms with Crippen LogP contribution in [0.15, 0.2) is 61.1 Å². The van der Waals surface area contributed by atoms with E-state index in [2.05, 4.69) is 20.6 Å². The van der Waals surface area contributed by atoms with Crippen LogP contribution in [0.1, 0.15) is 43.4 Å². The van der Waals surface area contributed by atoms with Crippen LogP contribution in [-0.4, -0.2) is 21.8 Å². The average molecular weight is 560 g/mol. The number of alkyl halides is 3. The summed E-state index contributed by atoms with van der Waals surface area (Å²) in [6.45, 7) is 0. The first kappa shape index (κ1) is 26.0. The Kier molecular flexibility index (Phi) is 6.43. The van der Waals surface area contributed by atoms with E-state index in [0.29, 0.717) is 23.3 Å². The van der Waals surface area contributed by atoms with Crippen molar-refractivity contribution < 1.29 is 31.5 Å². The van der Waals surface area contributed by atoms with Crippen molar-refractivity contribution in [2.75, 3.05) is 11.1 Å². The summed E-state index contributed by atoms with van der Waals surface area (Å²) < 4.78 is 67.8. The number of aromatic nitrogens is 2. The monoisotopic (exact) mass is 559 g/mol. The number of carbonyl (C=O) groups excluding carboxylic acids is 2. The molecule has 0 fully saturated rings. The molecule has 7 nitrogen and oxygen atoms in total. The number of halogens is 6. The van der Waals surface area contributed by atoms with Gasteiger partial charge in [-0.1, -0.05) is 11.6 Å². The molecule has 13 heteroatoms. The second-order valence-electron chi connectivity index (χ2n) is 8.56. The van der Waals surface area contributed by atoms with Crippen molar-refractivity contribution in [2.45, 2.75) is 12.2 Å². The summed E-state index contributed by atoms with van der Waals surface area (Å²) in [5.41, 5.74) is 4.89. The molecule has 0 aliphatic carbocycles. The molecule has 5 rings (SSSR count). The van der Waals surface area contributed by atoms with Crippen LogP contribution in [0, 0.1) is 11.6 Å². The summed E-state index contributed by atoms with van der Waals surface area (Å²) in [5.74, 6) is -3.57. The number of amides is 2. The normalized spacial score (nSPS) is 14.6. The predicted octanol–water partition coefficient (Wildman–Crippen LogP) is 5.76. The fraction of sp³-hybridized carbons (Fsp3) is 0.0769. The molecule has 39 heavy (non-hydrogen) atoms. The van der Waals surface area contributed by atoms with Crippen LogP contribution in [0.2, 0.25) is 5.02 Å². The number of nitrogens with zero attached hydrogens (tertiary/aromatic N) is 2. The molecule has 1 unspecified atom stereocenters. The minimum atomic E-state index is -4.90. The number of nitrogens with one attached hydrogen (secondary N) is 2. The highest BCUT2D eigenvalue weighted by atomic mass is 35.5. The molecule has 0 saturated carbocycles. The lowest BCUT2D eigenvalue weighted by Crippen LogP contribution is -2.21. The Morgan fingerprint density at radius 3 is 2.51 bits per heavy atom. The third kappa shape index (κ3) is 4.98. The molecule has 1 aliphatic rings. The van der Waals surface area contributed by atoms with Crippen LogP contribution in [-0.2, 0) is 6.18 Å². The van der Waals surface area contributed by atoms with E-state index in [1.54, 1.807) is 0 Å². The lowest BCUT2D eigenvalue weighted by molar-refractivity contribution is -0.137. The van der Waals surface area contributed by atoms with E-state index in [9.17, 15) is 31.5 Å². The highest BCUT2D eigenvalue weighted by molar-refractivity contribution is 6.31. The molecule has 198 valence electrons. The highest BCUT2D eigenvalue weighted by Crippen LogP contribution is 2.42. The van der Waals surface area contributed by atoms with Crippen molar-refractivity contribution in [1.29, 1.82) is 0 Å². The van der Waals surface area contributed by atoms with Gasteiger partial charge < -0.3 is 16.4 Å². The maximum atomic E-state index is 14.1. The van der Waals surface area contributed by atoms with Crippen LogP contribution < -0.4 is 16.4 Å². The highest BCUT2D eigenvalue weighted by Gasteiger charge is 2.36. The van der Waals surface area contributed by atoms with Crippen molar-refractivity contribution >= 4 is 34.9 Å². The van der Waals surface area contributed by atoms with Crippen LogP contribution in [0.25, 0.3) is 11.1 Å². The van der Waals surface area contributed by atoms with Gasteiger partial charge in [0.1, 0.15) is 23.8 Å². The van der Waals surface area contributed by atoms with Gasteiger partial charge in [-0.25, -0.2) is 18.7 Å². The van der Waals surface area contributed by atoms with Crippen LogP contribution in [0.5, 0.6) is 0 Å². The molecule has 0 bridgehead atoms. The summed E-state index contributed by atoms with van der Waals surface area (Å²) >= 11 is 6.28. The molecule has 2 amide bonds. The maximum absolute atomic E-state index is 14.1. The molecule has 1 aliphatic heterocycles. The molecular formula is C26H15ClF5N5O2. The number of fused-ring (bicyclic) bond motifs is 1. The SMILES string of the molecule is Nc1ncncc1-c1cc(NC(=O)c2cc(F)cc(C(F)(F)F)c2)c2c(c1)C(=O)NC2c1cc(F)ccc1Cl. The number of nitrogens with two attached hydrogens (primary N) is 1. The summed E-state index contributed by atoms with van der Waals surface area (Å²) in [5, 5.41) is 5.25. The van der Waals surface area contributed by atoms with Crippen LogP contribution >= 0.6 is 11.6 Å². The van der Waals surface area contributed by atoms with E-state index in [4.69, 9.17) is 17.3 Å². The van der Waals surface area contributed by atoms with Crippen molar-refractivity contribution in [3.05, 3.63) is 106 Å². The number of anilines is 2. The van der Waals surface area contributed by atoms with Crippen LogP contribution in [0.4, 0.5) is 33.5 Å². The summed E-state index contributed by atoms with van der Waals surface area (Å²) in [6, 6.07) is 6.72. The molecule has 3 aromatic carbocycles. The van der Waals surface area contributed by atoms with Gasteiger partial charge in [0.05, 0.1) is 11.6 Å². The number of rotatable bonds is 4. The minimum absolute atomic E-state index is 0.0442. The summed E-state index contributed by atoms with van der Waals surface area (Å²) in [6.07, 6.45) is -2.34. The number of benzene rings is 3. The molecular weight excluding hydrogens is 545 g/mol. The minimum Gasteiger partial charge on any atom is -0.383 e. The van der Waals surface area contributed by atoms with Gasteiger partial charge in [0, 0.05) is 44.7 Å². The Hall–Kier alpha value is -4.58. The van der Waals surface area contributed by atoms with E-state index >= 15 is 0 Å². The van der Waals surface area contributed by atoms with Gasteiger partial charge in [0.25, 0.3) is 11.8 Å². The van der Waals surface area contributed by atoms with Gasteiger partial charge in [0.2, 0.25) is 0 Å². The predicted molar refractivity (Wildman–Crippen MR) is 132 cm³/mol. The number of carbonyl (C=O) groups is 2. The number of hydrogen-bond acceptors (Lipinski definition) is 5. The second-order valence-corrected chi connectivity index (χ2v) is 8.97. The Labute approximate surface area is 221 Å². The van der Waals surface area contributed by atoms with Gasteiger partial charge in [-0.15, -0.1) is 0 Å². The topological polar surface area (TPSA) is 110 Å². The van der Waals surface area contributed by atoms with Crippen molar-refractivity contribution in [1.82, 2.24) is 15.3 Å². The summed E-state index contributed by atoms with van der Waals surface area (Å²) in [7, 11) is 0. The van der Waals surface area contributed by atoms with Gasteiger partial charge in [-0.05, 0) is 54.1 Å². The van der Waals surface area contributed by atoms with Crippen molar-refractivity contribution in [3.8, 4) is 11.1 Å². The smallest absolute Gasteiger partial charge is 0.383 e. The molecule has 0 saturated heterocycles. The third-order valence-corrected chi connectivity index (χ3v) is 6.39. The molecule has 0 spiro atoms. The second kappa shape index (κ2) is 9.62. The van der Waals surface area contributed by atoms with Gasteiger partial charge in [-0.3, -0.25) is 9.59 Å². The Morgan fingerprint density at radius 2 is 1.79 bits per heavy atom. The number of nitrogen functional groups attached to an aromatic ring is 1. The molecule has 1 aromatic heterocycles. The largest absolute Gasteiger partial charge is 0.416 e. The number of hydrogen-bond donors (Lipinski definition) is 3. The Bertz CT molecular complexity index is 1660. The zero-order valence-corrected chi connectivity index (χ0v) is 20.2. The van der Waals surface area contributed by atoms with Gasteiger partial charge >= 0.3 is 6.18 Å². The molecule has 1 atom stereocenters. The van der Waals surface area contributed by atoms with E-state index < -0.39 is 46.8 Å². The van der Waals surface area contributed by atoms with E-state index in [0.717, 1.165) is 12.1 Å². The van der Waals surface area contributed by atoms with Gasteiger partial charge in [-0.2, -0.15) is 13.2 Å². The Balaban J connectivity index is 1.68. The van der Waals surface area contributed by atoms with Crippen LogP contribution in [0.3, 0.4) is 0 Å². The maximum Gasteiger partial charge on any atom is 0.416 e. The summed E-state index contributed by atoms with van der Waals surface area (Å²) in [4.78, 5) is 34.0. The Morgan fingerprint density at radius 1 is 1.03 bits per heavy atom. The lowest BCUT2D eigenvalue weighted by Gasteiger charge is -2.19. The third-order valence-electron chi connectivity index (χ3n) is 6.05. The lowest BCUT2D eigenvalue weighted by atomic mass is 9.93. The van der Waals surface area contributed by atoms with E-state index in [1.165, 1.54) is 30.7 Å². The fourth-order valence-corrected chi connectivity index (χ4v) is 4.53. The zero-order valence-electron chi connectivity index (χ0n) is 19.4.